The van der Waals surface area contributed by atoms with Crippen LogP contribution < -0.4 is 15.4 Å². The van der Waals surface area contributed by atoms with Crippen molar-refractivity contribution >= 4 is 46.3 Å². The summed E-state index contributed by atoms with van der Waals surface area (Å²) in [7, 11) is 1.81. The van der Waals surface area contributed by atoms with Gasteiger partial charge < -0.3 is 29.5 Å². The second-order valence-corrected chi connectivity index (χ2v) is 9.81. The predicted molar refractivity (Wildman–Crippen MR) is 142 cm³/mol. The van der Waals surface area contributed by atoms with Crippen LogP contribution in [0.2, 0.25) is 5.02 Å². The normalized spacial score (nSPS) is 15.4. The highest BCUT2D eigenvalue weighted by atomic mass is 35.5. The quantitative estimate of drug-likeness (QED) is 0.322. The van der Waals surface area contributed by atoms with Gasteiger partial charge in [0.2, 0.25) is 11.9 Å². The molecule has 1 aliphatic rings. The molecule has 13 heteroatoms. The number of nitrogens with one attached hydrogen (secondary N) is 2. The second-order valence-electron chi connectivity index (χ2n) is 9.44. The fourth-order valence-corrected chi connectivity index (χ4v) is 4.52. The Hall–Kier alpha value is -4.21. The number of carbonyl (C=O) groups excluding carboxylic acids is 1. The van der Waals surface area contributed by atoms with Gasteiger partial charge in [-0.25, -0.2) is 16.5 Å². The second kappa shape index (κ2) is 9.92. The largest absolute Gasteiger partial charge is 0.454 e. The minimum absolute atomic E-state index is 0.0668. The average molecular weight is 536 g/mol. The van der Waals surface area contributed by atoms with Crippen molar-refractivity contribution in [2.75, 3.05) is 23.8 Å². The van der Waals surface area contributed by atoms with Gasteiger partial charge in [0.1, 0.15) is 27.8 Å². The van der Waals surface area contributed by atoms with Crippen molar-refractivity contribution in [2.45, 2.75) is 38.8 Å². The average Bonchev–Trinajstić information content (AvgIpc) is 3.61. The van der Waals surface area contributed by atoms with Crippen molar-refractivity contribution in [3.05, 3.63) is 52.7 Å². The van der Waals surface area contributed by atoms with E-state index in [0.717, 1.165) is 12.1 Å². The first-order valence-corrected chi connectivity index (χ1v) is 12.3. The first-order chi connectivity index (χ1) is 18.2. The number of pyridine rings is 2. The molecule has 1 atom stereocenters. The van der Waals surface area contributed by atoms with Gasteiger partial charge in [-0.1, -0.05) is 11.6 Å². The van der Waals surface area contributed by atoms with Gasteiger partial charge in [-0.2, -0.15) is 10.1 Å². The monoisotopic (exact) mass is 535 g/mol. The molecular formula is C25H26ClN9O3. The van der Waals surface area contributed by atoms with Crippen LogP contribution in [0.15, 0.2) is 30.6 Å². The van der Waals surface area contributed by atoms with E-state index in [2.05, 4.69) is 30.4 Å². The molecule has 12 nitrogen and oxygen atoms in total. The van der Waals surface area contributed by atoms with Crippen LogP contribution in [0.3, 0.4) is 0 Å². The third kappa shape index (κ3) is 4.85. The summed E-state index contributed by atoms with van der Waals surface area (Å²) in [6.07, 6.45) is 3.85. The molecule has 1 aliphatic heterocycles. The van der Waals surface area contributed by atoms with E-state index in [-0.39, 0.29) is 11.9 Å². The Balaban J connectivity index is 1.45. The van der Waals surface area contributed by atoms with E-state index in [0.29, 0.717) is 58.5 Å². The summed E-state index contributed by atoms with van der Waals surface area (Å²) in [6.45, 7) is 14.0. The summed E-state index contributed by atoms with van der Waals surface area (Å²) < 4.78 is 15.2. The van der Waals surface area contributed by atoms with Crippen molar-refractivity contribution in [2.24, 2.45) is 7.05 Å². The molecule has 0 radical (unpaired) electrons. The smallest absolute Gasteiger partial charge is 0.268 e. The summed E-state index contributed by atoms with van der Waals surface area (Å²) in [5.41, 5.74) is 1.03. The van der Waals surface area contributed by atoms with Crippen LogP contribution >= 0.6 is 11.6 Å². The fraction of sp³-hybridized carbons (Fsp3) is 0.360. The van der Waals surface area contributed by atoms with Crippen LogP contribution in [0.1, 0.15) is 38.9 Å². The lowest BCUT2D eigenvalue weighted by molar-refractivity contribution is -0.114. The third-order valence-electron chi connectivity index (χ3n) is 6.20. The summed E-state index contributed by atoms with van der Waals surface area (Å²) in [6, 6.07) is 5.18. The van der Waals surface area contributed by atoms with E-state index in [1.807, 2.05) is 31.6 Å². The Morgan fingerprint density at radius 1 is 1.32 bits per heavy atom. The van der Waals surface area contributed by atoms with Crippen LogP contribution in [-0.4, -0.2) is 48.4 Å². The summed E-state index contributed by atoms with van der Waals surface area (Å²) in [5, 5.41) is 10.9. The maximum Gasteiger partial charge on any atom is 0.268 e. The Labute approximate surface area is 223 Å². The lowest BCUT2D eigenvalue weighted by Gasteiger charge is -2.17. The van der Waals surface area contributed by atoms with Crippen molar-refractivity contribution in [3.63, 3.8) is 0 Å². The number of nitrogens with zero attached hydrogens (tertiary/aromatic N) is 7. The third-order valence-corrected chi connectivity index (χ3v) is 6.57. The van der Waals surface area contributed by atoms with Crippen LogP contribution in [-0.2, 0) is 22.1 Å². The molecule has 5 rings (SSSR count). The molecule has 0 bridgehead atoms. The Kier molecular flexibility index (Phi) is 6.64. The molecule has 4 aromatic heterocycles. The molecule has 38 heavy (non-hydrogen) atoms. The lowest BCUT2D eigenvalue weighted by Crippen LogP contribution is -2.22. The predicted octanol–water partition coefficient (Wildman–Crippen LogP) is 4.82. The SMILES string of the molecule is [C-]#[N+]C(C)(C)c1cc(Nc2nc3ncc(Oc4ccnc(NC(C)=O)c4)c(Cl)c3n2C)nn1C1CCOC1. The zero-order valence-electron chi connectivity index (χ0n) is 21.3. The standard InChI is InChI=1S/C25H26ClN9O3/c1-14(36)30-19-10-16(6-8-28-19)38-17-12-29-23-22(21(17)26)34(5)24(32-23)31-20-11-18(25(2,3)27-4)35(33-20)15-7-9-37-13-15/h6,8,10-12,15H,7,9,13H2,1-3,5H3,(H,28,30,36)(H,29,31,32,33). The molecule has 1 unspecified atom stereocenters. The summed E-state index contributed by atoms with van der Waals surface area (Å²) >= 11 is 6.73. The number of rotatable bonds is 7. The molecule has 1 amide bonds. The molecule has 0 saturated carbocycles. The highest BCUT2D eigenvalue weighted by Crippen LogP contribution is 2.37. The molecule has 0 aromatic carbocycles. The van der Waals surface area contributed by atoms with Gasteiger partial charge in [-0.05, 0) is 12.5 Å². The van der Waals surface area contributed by atoms with Crippen LogP contribution in [0, 0.1) is 6.57 Å². The number of anilines is 3. The number of amides is 1. The van der Waals surface area contributed by atoms with Crippen molar-refractivity contribution in [3.8, 4) is 11.5 Å². The van der Waals surface area contributed by atoms with E-state index in [1.165, 1.54) is 19.3 Å². The molecule has 0 aliphatic carbocycles. The molecule has 196 valence electrons. The molecule has 4 aromatic rings. The van der Waals surface area contributed by atoms with Crippen molar-refractivity contribution in [1.82, 2.24) is 29.3 Å². The van der Waals surface area contributed by atoms with Gasteiger partial charge >= 0.3 is 0 Å². The molecular weight excluding hydrogens is 510 g/mol. The minimum atomic E-state index is -0.758. The number of halogens is 1. The summed E-state index contributed by atoms with van der Waals surface area (Å²) in [4.78, 5) is 28.2. The van der Waals surface area contributed by atoms with Gasteiger partial charge in [-0.15, -0.1) is 0 Å². The number of fused-ring (bicyclic) bond motifs is 1. The highest BCUT2D eigenvalue weighted by molar-refractivity contribution is 6.36. The zero-order valence-corrected chi connectivity index (χ0v) is 22.1. The van der Waals surface area contributed by atoms with Gasteiger partial charge in [0.15, 0.2) is 17.2 Å². The number of imidazole rings is 1. The maximum absolute atomic E-state index is 11.3. The molecule has 0 spiro atoms. The number of aryl methyl sites for hydroxylation is 1. The Morgan fingerprint density at radius 2 is 2.13 bits per heavy atom. The first kappa shape index (κ1) is 25.4. The van der Waals surface area contributed by atoms with Crippen LogP contribution in [0.5, 0.6) is 11.5 Å². The number of ether oxygens (including phenoxy) is 2. The number of hydrogen-bond donors (Lipinski definition) is 2. The highest BCUT2D eigenvalue weighted by Gasteiger charge is 2.35. The van der Waals surface area contributed by atoms with E-state index in [9.17, 15) is 4.79 Å². The minimum Gasteiger partial charge on any atom is -0.454 e. The molecule has 1 fully saturated rings. The fourth-order valence-electron chi connectivity index (χ4n) is 4.22. The molecule has 5 heterocycles. The lowest BCUT2D eigenvalue weighted by atomic mass is 10.0. The van der Waals surface area contributed by atoms with Crippen LogP contribution in [0.4, 0.5) is 17.6 Å². The van der Waals surface area contributed by atoms with Crippen molar-refractivity contribution < 1.29 is 14.3 Å². The zero-order chi connectivity index (χ0) is 27.0. The maximum atomic E-state index is 11.3. The Morgan fingerprint density at radius 3 is 2.84 bits per heavy atom. The topological polar surface area (TPSA) is 125 Å². The molecule has 1 saturated heterocycles. The Bertz CT molecular complexity index is 1560. The molecule has 2 N–H and O–H groups in total. The first-order valence-electron chi connectivity index (χ1n) is 11.9. The van der Waals surface area contributed by atoms with E-state index < -0.39 is 5.54 Å². The van der Waals surface area contributed by atoms with Gasteiger partial charge in [0.25, 0.3) is 5.54 Å². The van der Waals surface area contributed by atoms with E-state index in [1.54, 1.807) is 16.7 Å². The van der Waals surface area contributed by atoms with E-state index in [4.69, 9.17) is 32.7 Å². The van der Waals surface area contributed by atoms with Crippen molar-refractivity contribution in [1.29, 1.82) is 0 Å². The number of aromatic nitrogens is 6. The number of carbonyl (C=O) groups is 1. The van der Waals surface area contributed by atoms with Crippen LogP contribution in [0.25, 0.3) is 16.0 Å². The summed E-state index contributed by atoms with van der Waals surface area (Å²) in [5.74, 6) is 1.90. The number of hydrogen-bond acceptors (Lipinski definition) is 8. The van der Waals surface area contributed by atoms with Gasteiger partial charge in [0.05, 0.1) is 18.8 Å². The van der Waals surface area contributed by atoms with Gasteiger partial charge in [-0.3, -0.25) is 9.48 Å². The van der Waals surface area contributed by atoms with E-state index >= 15 is 0 Å². The van der Waals surface area contributed by atoms with Gasteiger partial charge in [0, 0.05) is 52.8 Å².